The van der Waals surface area contributed by atoms with Crippen molar-refractivity contribution in [2.75, 3.05) is 32.8 Å². The molecule has 3 fully saturated rings. The van der Waals surface area contributed by atoms with Crippen LogP contribution in [0.3, 0.4) is 0 Å². The molecule has 3 aliphatic rings. The number of aromatic nitrogens is 2. The van der Waals surface area contributed by atoms with Gasteiger partial charge in [0, 0.05) is 44.9 Å². The topological polar surface area (TPSA) is 185 Å². The van der Waals surface area contributed by atoms with Gasteiger partial charge in [0.15, 0.2) is 0 Å². The molecule has 0 aromatic carbocycles. The number of aromatic amines is 1. The number of carbonyl (C=O) groups excluding carboxylic acids is 2. The van der Waals surface area contributed by atoms with E-state index in [1.807, 2.05) is 13.8 Å². The molecule has 1 spiro atoms. The van der Waals surface area contributed by atoms with Gasteiger partial charge in [-0.2, -0.15) is 0 Å². The lowest BCUT2D eigenvalue weighted by Crippen LogP contribution is -2.69. The van der Waals surface area contributed by atoms with E-state index in [0.717, 1.165) is 37.4 Å². The molecule has 13 nitrogen and oxygen atoms in total. The largest absolute Gasteiger partial charge is 0.483 e. The second kappa shape index (κ2) is 13.3. The number of likely N-dealkylation sites (tertiary alicyclic amines) is 2. The molecule has 1 aromatic rings. The van der Waals surface area contributed by atoms with Crippen LogP contribution in [0.5, 0.6) is 0 Å². The van der Waals surface area contributed by atoms with E-state index in [-0.39, 0.29) is 31.3 Å². The zero-order chi connectivity index (χ0) is 26.8. The first-order chi connectivity index (χ1) is 17.1. The number of aliphatic hydroxyl groups excluding tert-OH is 1. The van der Waals surface area contributed by atoms with Crippen molar-refractivity contribution in [1.82, 2.24) is 25.1 Å². The van der Waals surface area contributed by atoms with Crippen LogP contribution < -0.4 is 5.32 Å². The van der Waals surface area contributed by atoms with E-state index in [0.29, 0.717) is 38.8 Å². The van der Waals surface area contributed by atoms with E-state index in [9.17, 15) is 14.7 Å². The number of amides is 2. The van der Waals surface area contributed by atoms with Crippen molar-refractivity contribution in [2.45, 2.75) is 69.7 Å². The SMILES string of the molecule is Cc1[nH]cnc1CN1CCC2(CC1)OCC[C@@](C)(NC(=O)CN1CCCC1=O)[C@@H]2O.O=CO.O=CO. The number of ether oxygens (including phenoxy) is 1. The van der Waals surface area contributed by atoms with Crippen molar-refractivity contribution >= 4 is 24.8 Å². The number of imidazole rings is 1. The van der Waals surface area contributed by atoms with Crippen LogP contribution >= 0.6 is 0 Å². The molecular weight excluding hydrogens is 474 g/mol. The summed E-state index contributed by atoms with van der Waals surface area (Å²) in [5, 5.41) is 28.1. The van der Waals surface area contributed by atoms with E-state index in [1.165, 1.54) is 0 Å². The van der Waals surface area contributed by atoms with Crippen molar-refractivity contribution in [1.29, 1.82) is 0 Å². The normalized spacial score (nSPS) is 25.2. The fourth-order valence-electron chi connectivity index (χ4n) is 5.06. The second-order valence-electron chi connectivity index (χ2n) is 9.41. The third-order valence-corrected chi connectivity index (χ3v) is 7.05. The summed E-state index contributed by atoms with van der Waals surface area (Å²) in [6.07, 6.45) is 4.18. The number of H-pyrrole nitrogens is 1. The number of nitrogens with one attached hydrogen (secondary N) is 2. The van der Waals surface area contributed by atoms with Crippen molar-refractivity contribution in [3.8, 4) is 0 Å². The molecule has 5 N–H and O–H groups in total. The van der Waals surface area contributed by atoms with Crippen LogP contribution in [0.15, 0.2) is 6.33 Å². The standard InChI is InChI=1S/C21H33N5O4.2CH2O2/c1-15-16(23-14-22-15)12-25-9-5-21(6-10-25)19(29)20(2,7-11-30-21)24-17(27)13-26-8-3-4-18(26)28;2*2-1-3/h14,19,29H,3-13H2,1-2H3,(H,22,23)(H,24,27);2*1H,(H,2,3)/t19-,20+;;/m0../s1. The minimum absolute atomic E-state index is 0.0267. The number of carboxylic acid groups (broad SMARTS) is 2. The Balaban J connectivity index is 0.000000693. The molecule has 0 radical (unpaired) electrons. The average molecular weight is 512 g/mol. The van der Waals surface area contributed by atoms with Crippen LogP contribution in [0.1, 0.15) is 50.4 Å². The Morgan fingerprint density at radius 3 is 2.42 bits per heavy atom. The summed E-state index contributed by atoms with van der Waals surface area (Å²) in [6.45, 7) is 6.98. The van der Waals surface area contributed by atoms with Gasteiger partial charge in [-0.05, 0) is 39.5 Å². The number of hydrogen-bond acceptors (Lipinski definition) is 8. The molecule has 0 bridgehead atoms. The minimum atomic E-state index is -0.800. The van der Waals surface area contributed by atoms with E-state index in [4.69, 9.17) is 24.5 Å². The predicted molar refractivity (Wildman–Crippen MR) is 127 cm³/mol. The second-order valence-corrected chi connectivity index (χ2v) is 9.41. The molecule has 0 unspecified atom stereocenters. The zero-order valence-corrected chi connectivity index (χ0v) is 20.8. The molecule has 1 aromatic heterocycles. The Hall–Kier alpha value is -3.03. The van der Waals surface area contributed by atoms with Gasteiger partial charge in [0.1, 0.15) is 6.10 Å². The molecule has 0 aliphatic carbocycles. The Bertz CT molecular complexity index is 880. The molecule has 202 valence electrons. The monoisotopic (exact) mass is 511 g/mol. The van der Waals surface area contributed by atoms with Crippen molar-refractivity contribution < 1.29 is 39.2 Å². The zero-order valence-electron chi connectivity index (χ0n) is 20.8. The molecule has 2 amide bonds. The molecule has 2 atom stereocenters. The van der Waals surface area contributed by atoms with Crippen LogP contribution in [0.25, 0.3) is 0 Å². The van der Waals surface area contributed by atoms with Crippen molar-refractivity contribution in [2.24, 2.45) is 0 Å². The predicted octanol–water partition coefficient (Wildman–Crippen LogP) is -0.267. The first kappa shape index (κ1) is 29.2. The van der Waals surface area contributed by atoms with Gasteiger partial charge in [0.05, 0.1) is 29.7 Å². The minimum Gasteiger partial charge on any atom is -0.483 e. The number of nitrogens with zero attached hydrogens (tertiary/aromatic N) is 3. The molecule has 0 saturated carbocycles. The molecular formula is C23H37N5O8. The maximum atomic E-state index is 12.6. The van der Waals surface area contributed by atoms with Crippen LogP contribution in [-0.2, 0) is 30.5 Å². The molecule has 13 heteroatoms. The maximum absolute atomic E-state index is 12.6. The summed E-state index contributed by atoms with van der Waals surface area (Å²) in [4.78, 5) is 52.6. The van der Waals surface area contributed by atoms with E-state index < -0.39 is 17.2 Å². The Morgan fingerprint density at radius 1 is 1.25 bits per heavy atom. The van der Waals surface area contributed by atoms with Gasteiger partial charge in [-0.1, -0.05) is 0 Å². The Kier molecular flexibility index (Phi) is 10.8. The highest BCUT2D eigenvalue weighted by Crippen LogP contribution is 2.40. The number of piperidine rings is 1. The summed E-state index contributed by atoms with van der Waals surface area (Å²) in [6, 6.07) is 0. The third-order valence-electron chi connectivity index (χ3n) is 7.05. The smallest absolute Gasteiger partial charge is 0.290 e. The molecule has 3 saturated heterocycles. The van der Waals surface area contributed by atoms with E-state index in [2.05, 4.69) is 20.2 Å². The fourth-order valence-corrected chi connectivity index (χ4v) is 5.06. The average Bonchev–Trinajstić information content (AvgIpc) is 3.42. The highest BCUT2D eigenvalue weighted by molar-refractivity contribution is 5.86. The maximum Gasteiger partial charge on any atom is 0.290 e. The lowest BCUT2D eigenvalue weighted by molar-refractivity contribution is -0.208. The van der Waals surface area contributed by atoms with Gasteiger partial charge in [-0.25, -0.2) is 4.98 Å². The lowest BCUT2D eigenvalue weighted by Gasteiger charge is -2.53. The third kappa shape index (κ3) is 7.24. The van der Waals surface area contributed by atoms with Gasteiger partial charge in [0.2, 0.25) is 11.8 Å². The van der Waals surface area contributed by atoms with Gasteiger partial charge in [-0.3, -0.25) is 24.1 Å². The molecule has 36 heavy (non-hydrogen) atoms. The summed E-state index contributed by atoms with van der Waals surface area (Å²) >= 11 is 0. The van der Waals surface area contributed by atoms with Crippen molar-refractivity contribution in [3.05, 3.63) is 17.7 Å². The van der Waals surface area contributed by atoms with Gasteiger partial charge < -0.3 is 35.3 Å². The molecule has 4 heterocycles. The summed E-state index contributed by atoms with van der Waals surface area (Å²) in [5.74, 6) is -0.186. The Morgan fingerprint density at radius 2 is 1.89 bits per heavy atom. The summed E-state index contributed by atoms with van der Waals surface area (Å²) in [7, 11) is 0. The van der Waals surface area contributed by atoms with Crippen LogP contribution in [0, 0.1) is 6.92 Å². The number of aliphatic hydroxyl groups is 1. The quantitative estimate of drug-likeness (QED) is 0.330. The fraction of sp³-hybridized carbons (Fsp3) is 0.696. The van der Waals surface area contributed by atoms with E-state index in [1.54, 1.807) is 11.2 Å². The molecule has 4 rings (SSSR count). The lowest BCUT2D eigenvalue weighted by atomic mass is 9.73. The highest BCUT2D eigenvalue weighted by Gasteiger charge is 2.53. The highest BCUT2D eigenvalue weighted by atomic mass is 16.5. The summed E-state index contributed by atoms with van der Waals surface area (Å²) in [5.41, 5.74) is 0.709. The van der Waals surface area contributed by atoms with Gasteiger partial charge in [0.25, 0.3) is 12.9 Å². The Labute approximate surface area is 209 Å². The number of rotatable bonds is 5. The van der Waals surface area contributed by atoms with Gasteiger partial charge >= 0.3 is 0 Å². The van der Waals surface area contributed by atoms with Gasteiger partial charge in [-0.15, -0.1) is 0 Å². The van der Waals surface area contributed by atoms with Crippen LogP contribution in [0.2, 0.25) is 0 Å². The number of carbonyl (C=O) groups is 4. The number of aryl methyl sites for hydroxylation is 1. The van der Waals surface area contributed by atoms with Crippen LogP contribution in [0.4, 0.5) is 0 Å². The van der Waals surface area contributed by atoms with E-state index >= 15 is 0 Å². The van der Waals surface area contributed by atoms with Crippen molar-refractivity contribution in [3.63, 3.8) is 0 Å². The number of hydrogen-bond donors (Lipinski definition) is 5. The van der Waals surface area contributed by atoms with Crippen LogP contribution in [-0.4, -0.2) is 110 Å². The first-order valence-corrected chi connectivity index (χ1v) is 11.9. The first-order valence-electron chi connectivity index (χ1n) is 11.9. The summed E-state index contributed by atoms with van der Waals surface area (Å²) < 4.78 is 6.14. The molecule has 3 aliphatic heterocycles.